The molecule has 1 aliphatic heterocycles. The molecule has 1 unspecified atom stereocenters. The monoisotopic (exact) mass is 316 g/mol. The summed E-state index contributed by atoms with van der Waals surface area (Å²) in [5.74, 6) is -0.0452. The fourth-order valence-corrected chi connectivity index (χ4v) is 3.05. The Labute approximate surface area is 134 Å². The molecule has 1 atom stereocenters. The van der Waals surface area contributed by atoms with Crippen LogP contribution < -0.4 is 5.32 Å². The van der Waals surface area contributed by atoms with Gasteiger partial charge in [-0.2, -0.15) is 5.10 Å². The van der Waals surface area contributed by atoms with Crippen LogP contribution in [0.2, 0.25) is 0 Å². The molecule has 2 N–H and O–H groups in total. The normalized spacial score (nSPS) is 18.3. The van der Waals surface area contributed by atoms with Crippen molar-refractivity contribution < 1.29 is 9.18 Å². The molecule has 1 aromatic carbocycles. The van der Waals surface area contributed by atoms with Crippen LogP contribution in [0.5, 0.6) is 0 Å². The Kier molecular flexibility index (Phi) is 4.71. The van der Waals surface area contributed by atoms with E-state index in [-0.39, 0.29) is 17.6 Å². The smallest absolute Gasteiger partial charge is 0.224 e. The fraction of sp³-hybridized carbons (Fsp3) is 0.412. The number of likely N-dealkylation sites (tertiary alicyclic amines) is 1. The van der Waals surface area contributed by atoms with Gasteiger partial charge in [-0.25, -0.2) is 4.39 Å². The van der Waals surface area contributed by atoms with Gasteiger partial charge in [0, 0.05) is 30.8 Å². The number of hydrogen-bond acceptors (Lipinski definition) is 3. The van der Waals surface area contributed by atoms with Crippen molar-refractivity contribution in [3.63, 3.8) is 0 Å². The van der Waals surface area contributed by atoms with Gasteiger partial charge in [0.1, 0.15) is 5.82 Å². The van der Waals surface area contributed by atoms with Crippen molar-refractivity contribution in [2.75, 3.05) is 19.6 Å². The number of amides is 1. The van der Waals surface area contributed by atoms with Crippen molar-refractivity contribution in [3.8, 4) is 11.3 Å². The number of nitrogens with zero attached hydrogens (tertiary/aromatic N) is 2. The highest BCUT2D eigenvalue weighted by atomic mass is 19.1. The van der Waals surface area contributed by atoms with Crippen LogP contribution in [-0.4, -0.2) is 40.6 Å². The molecule has 1 amide bonds. The maximum absolute atomic E-state index is 13.1. The van der Waals surface area contributed by atoms with E-state index in [0.29, 0.717) is 6.54 Å². The Morgan fingerprint density at radius 3 is 2.96 bits per heavy atom. The number of aromatic nitrogens is 2. The molecular weight excluding hydrogens is 295 g/mol. The molecule has 2 aromatic rings. The molecule has 5 nitrogen and oxygen atoms in total. The number of carbonyl (C=O) groups excluding carboxylic acids is 1. The lowest BCUT2D eigenvalue weighted by molar-refractivity contribution is -0.124. The molecule has 0 bridgehead atoms. The lowest BCUT2D eigenvalue weighted by Crippen LogP contribution is -2.32. The number of halogens is 1. The molecular formula is C17H21FN4O. The van der Waals surface area contributed by atoms with Gasteiger partial charge in [0.05, 0.1) is 17.8 Å². The second-order valence-corrected chi connectivity index (χ2v) is 5.89. The third kappa shape index (κ3) is 3.59. The van der Waals surface area contributed by atoms with Crippen molar-refractivity contribution >= 4 is 5.91 Å². The average molecular weight is 316 g/mol. The van der Waals surface area contributed by atoms with E-state index in [0.717, 1.165) is 42.9 Å². The Hall–Kier alpha value is -2.21. The first-order valence-corrected chi connectivity index (χ1v) is 7.95. The molecule has 1 saturated heterocycles. The van der Waals surface area contributed by atoms with Gasteiger partial charge in [-0.1, -0.05) is 0 Å². The van der Waals surface area contributed by atoms with Crippen LogP contribution in [0, 0.1) is 11.7 Å². The highest BCUT2D eigenvalue weighted by Crippen LogP contribution is 2.25. The summed E-state index contributed by atoms with van der Waals surface area (Å²) in [4.78, 5) is 14.2. The van der Waals surface area contributed by atoms with Crippen LogP contribution >= 0.6 is 0 Å². The Morgan fingerprint density at radius 2 is 2.22 bits per heavy atom. The number of rotatable bonds is 5. The first kappa shape index (κ1) is 15.7. The lowest BCUT2D eigenvalue weighted by atomic mass is 10.1. The minimum atomic E-state index is -0.251. The van der Waals surface area contributed by atoms with E-state index in [1.54, 1.807) is 18.3 Å². The molecule has 1 fully saturated rings. The first-order valence-electron chi connectivity index (χ1n) is 7.95. The molecule has 0 spiro atoms. The van der Waals surface area contributed by atoms with Gasteiger partial charge in [0.15, 0.2) is 0 Å². The van der Waals surface area contributed by atoms with E-state index in [4.69, 9.17) is 0 Å². The molecule has 6 heteroatoms. The minimum Gasteiger partial charge on any atom is -0.356 e. The largest absolute Gasteiger partial charge is 0.356 e. The standard InChI is InChI=1S/C17H21FN4O/c1-2-19-17(23)13-7-8-22(10-13)11-14-9-20-21-16(14)12-3-5-15(18)6-4-12/h3-6,9,13H,2,7-8,10-11H2,1H3,(H,19,23)(H,20,21). The Morgan fingerprint density at radius 1 is 1.43 bits per heavy atom. The summed E-state index contributed by atoms with van der Waals surface area (Å²) in [5, 5.41) is 10.0. The summed E-state index contributed by atoms with van der Waals surface area (Å²) in [5.41, 5.74) is 2.89. The van der Waals surface area contributed by atoms with E-state index in [9.17, 15) is 9.18 Å². The zero-order valence-corrected chi connectivity index (χ0v) is 13.2. The molecule has 1 aromatic heterocycles. The van der Waals surface area contributed by atoms with Gasteiger partial charge in [-0.3, -0.25) is 14.8 Å². The summed E-state index contributed by atoms with van der Waals surface area (Å²) >= 11 is 0. The van der Waals surface area contributed by atoms with Crippen molar-refractivity contribution in [2.24, 2.45) is 5.92 Å². The van der Waals surface area contributed by atoms with Gasteiger partial charge in [0.2, 0.25) is 5.91 Å². The molecule has 23 heavy (non-hydrogen) atoms. The van der Waals surface area contributed by atoms with Crippen molar-refractivity contribution in [1.29, 1.82) is 0 Å². The zero-order chi connectivity index (χ0) is 16.2. The van der Waals surface area contributed by atoms with E-state index < -0.39 is 0 Å². The summed E-state index contributed by atoms with van der Waals surface area (Å²) in [7, 11) is 0. The molecule has 3 rings (SSSR count). The van der Waals surface area contributed by atoms with Crippen LogP contribution in [0.15, 0.2) is 30.5 Å². The third-order valence-electron chi connectivity index (χ3n) is 4.24. The van der Waals surface area contributed by atoms with Gasteiger partial charge in [-0.15, -0.1) is 0 Å². The van der Waals surface area contributed by atoms with E-state index in [2.05, 4.69) is 20.4 Å². The van der Waals surface area contributed by atoms with Gasteiger partial charge in [0.25, 0.3) is 0 Å². The number of H-pyrrole nitrogens is 1. The van der Waals surface area contributed by atoms with Gasteiger partial charge < -0.3 is 5.32 Å². The average Bonchev–Trinajstić information content (AvgIpc) is 3.18. The van der Waals surface area contributed by atoms with Crippen LogP contribution in [0.4, 0.5) is 4.39 Å². The molecule has 0 radical (unpaired) electrons. The molecule has 2 heterocycles. The Balaban J connectivity index is 1.67. The molecule has 0 saturated carbocycles. The molecule has 1 aliphatic rings. The number of aromatic amines is 1. The topological polar surface area (TPSA) is 61.0 Å². The highest BCUT2D eigenvalue weighted by Gasteiger charge is 2.28. The third-order valence-corrected chi connectivity index (χ3v) is 4.24. The summed E-state index contributed by atoms with van der Waals surface area (Å²) in [6.45, 7) is 5.01. The highest BCUT2D eigenvalue weighted by molar-refractivity contribution is 5.79. The summed E-state index contributed by atoms with van der Waals surface area (Å²) in [6, 6.07) is 6.38. The van der Waals surface area contributed by atoms with E-state index >= 15 is 0 Å². The maximum Gasteiger partial charge on any atom is 0.224 e. The molecule has 0 aliphatic carbocycles. The number of nitrogens with one attached hydrogen (secondary N) is 2. The number of benzene rings is 1. The zero-order valence-electron chi connectivity index (χ0n) is 13.2. The van der Waals surface area contributed by atoms with Crippen LogP contribution in [-0.2, 0) is 11.3 Å². The SMILES string of the molecule is CCNC(=O)C1CCN(Cc2cn[nH]c2-c2ccc(F)cc2)C1. The Bertz CT molecular complexity index is 667. The van der Waals surface area contributed by atoms with E-state index in [1.807, 2.05) is 6.92 Å². The van der Waals surface area contributed by atoms with E-state index in [1.165, 1.54) is 12.1 Å². The summed E-state index contributed by atoms with van der Waals surface area (Å²) in [6.07, 6.45) is 2.69. The lowest BCUT2D eigenvalue weighted by Gasteiger charge is -2.16. The minimum absolute atomic E-state index is 0.0659. The molecule has 122 valence electrons. The van der Waals surface area contributed by atoms with Crippen LogP contribution in [0.3, 0.4) is 0 Å². The number of carbonyl (C=O) groups is 1. The first-order chi connectivity index (χ1) is 11.2. The fourth-order valence-electron chi connectivity index (χ4n) is 3.05. The van der Waals surface area contributed by atoms with Crippen molar-refractivity contribution in [2.45, 2.75) is 19.9 Å². The number of hydrogen-bond donors (Lipinski definition) is 2. The van der Waals surface area contributed by atoms with Crippen LogP contribution in [0.25, 0.3) is 11.3 Å². The van der Waals surface area contributed by atoms with Gasteiger partial charge >= 0.3 is 0 Å². The maximum atomic E-state index is 13.1. The quantitative estimate of drug-likeness (QED) is 0.889. The second-order valence-electron chi connectivity index (χ2n) is 5.89. The predicted molar refractivity (Wildman–Crippen MR) is 86.0 cm³/mol. The van der Waals surface area contributed by atoms with Crippen LogP contribution in [0.1, 0.15) is 18.9 Å². The van der Waals surface area contributed by atoms with Crippen molar-refractivity contribution in [3.05, 3.63) is 41.8 Å². The predicted octanol–water partition coefficient (Wildman–Crippen LogP) is 2.17. The van der Waals surface area contributed by atoms with Crippen molar-refractivity contribution in [1.82, 2.24) is 20.4 Å². The van der Waals surface area contributed by atoms with Gasteiger partial charge in [-0.05, 0) is 44.2 Å². The summed E-state index contributed by atoms with van der Waals surface area (Å²) < 4.78 is 13.1. The second kappa shape index (κ2) is 6.91.